The van der Waals surface area contributed by atoms with Crippen LogP contribution in [0.5, 0.6) is 0 Å². The fraction of sp³-hybridized carbons (Fsp3) is 0.667. The van der Waals surface area contributed by atoms with Gasteiger partial charge < -0.3 is 5.32 Å². The Balaban J connectivity index is 1.67. The molecule has 0 saturated heterocycles. The van der Waals surface area contributed by atoms with Crippen molar-refractivity contribution in [3.63, 3.8) is 0 Å². The van der Waals surface area contributed by atoms with E-state index in [0.717, 1.165) is 31.2 Å². The van der Waals surface area contributed by atoms with E-state index in [0.29, 0.717) is 12.6 Å². The van der Waals surface area contributed by atoms with Gasteiger partial charge in [-0.3, -0.25) is 0 Å². The molecule has 1 aliphatic carbocycles. The molecule has 102 valence electrons. The monoisotopic (exact) mass is 261 g/mol. The molecule has 2 heterocycles. The third-order valence-corrected chi connectivity index (χ3v) is 3.24. The Kier molecular flexibility index (Phi) is 3.54. The Morgan fingerprint density at radius 2 is 1.89 bits per heavy atom. The van der Waals surface area contributed by atoms with E-state index in [9.17, 15) is 0 Å². The van der Waals surface area contributed by atoms with Crippen molar-refractivity contribution in [1.82, 2.24) is 34.8 Å². The van der Waals surface area contributed by atoms with Gasteiger partial charge in [0, 0.05) is 12.6 Å². The second-order valence-electron chi connectivity index (χ2n) is 4.89. The lowest BCUT2D eigenvalue weighted by Crippen LogP contribution is -2.20. The van der Waals surface area contributed by atoms with Crippen LogP contribution in [0, 0.1) is 0 Å². The van der Waals surface area contributed by atoms with E-state index in [-0.39, 0.29) is 0 Å². The van der Waals surface area contributed by atoms with Gasteiger partial charge in [-0.05, 0) is 19.3 Å². The smallest absolute Gasteiger partial charge is 0.148 e. The van der Waals surface area contributed by atoms with Crippen LogP contribution in [0.4, 0.5) is 0 Å². The predicted molar refractivity (Wildman–Crippen MR) is 69.3 cm³/mol. The first-order valence-corrected chi connectivity index (χ1v) is 6.83. The van der Waals surface area contributed by atoms with E-state index in [4.69, 9.17) is 0 Å². The standard InChI is InChI=1S/C12H19N7/c1-2-5-18-12(15-9-16-18)7-19-11(14-8-17-19)6-13-10-3-4-10/h8-10,13H,2-7H2,1H3. The topological polar surface area (TPSA) is 73.5 Å². The van der Waals surface area contributed by atoms with Gasteiger partial charge in [0.15, 0.2) is 0 Å². The maximum Gasteiger partial charge on any atom is 0.148 e. The molecule has 0 aromatic carbocycles. The minimum absolute atomic E-state index is 0.627. The summed E-state index contributed by atoms with van der Waals surface area (Å²) >= 11 is 0. The summed E-state index contributed by atoms with van der Waals surface area (Å²) in [6, 6.07) is 0.675. The van der Waals surface area contributed by atoms with Crippen molar-refractivity contribution < 1.29 is 0 Å². The predicted octanol–water partition coefficient (Wildman–Crippen LogP) is 0.580. The molecule has 0 spiro atoms. The summed E-state index contributed by atoms with van der Waals surface area (Å²) in [5.74, 6) is 1.89. The molecule has 3 rings (SSSR count). The molecule has 2 aromatic heterocycles. The Morgan fingerprint density at radius 3 is 2.63 bits per heavy atom. The van der Waals surface area contributed by atoms with E-state index in [1.54, 1.807) is 12.7 Å². The molecule has 0 aliphatic heterocycles. The number of hydrogen-bond donors (Lipinski definition) is 1. The molecular weight excluding hydrogens is 242 g/mol. The third-order valence-electron chi connectivity index (χ3n) is 3.24. The zero-order chi connectivity index (χ0) is 13.1. The molecule has 1 aliphatic rings. The van der Waals surface area contributed by atoms with Gasteiger partial charge in [-0.2, -0.15) is 10.2 Å². The largest absolute Gasteiger partial charge is 0.307 e. The van der Waals surface area contributed by atoms with Gasteiger partial charge in [0.05, 0.1) is 6.54 Å². The van der Waals surface area contributed by atoms with Gasteiger partial charge in [0.2, 0.25) is 0 Å². The van der Waals surface area contributed by atoms with Crippen LogP contribution in [-0.2, 0) is 19.6 Å². The molecule has 1 saturated carbocycles. The average molecular weight is 261 g/mol. The lowest BCUT2D eigenvalue weighted by atomic mass is 10.4. The Bertz CT molecular complexity index is 526. The number of nitrogens with one attached hydrogen (secondary N) is 1. The lowest BCUT2D eigenvalue weighted by Gasteiger charge is -2.07. The van der Waals surface area contributed by atoms with Gasteiger partial charge in [-0.15, -0.1) is 0 Å². The van der Waals surface area contributed by atoms with Crippen molar-refractivity contribution in [3.8, 4) is 0 Å². The summed E-state index contributed by atoms with van der Waals surface area (Å²) < 4.78 is 3.82. The van der Waals surface area contributed by atoms with Crippen LogP contribution < -0.4 is 5.32 Å². The summed E-state index contributed by atoms with van der Waals surface area (Å²) in [5, 5.41) is 12.0. The molecule has 0 atom stereocenters. The zero-order valence-electron chi connectivity index (χ0n) is 11.2. The van der Waals surface area contributed by atoms with Crippen molar-refractivity contribution >= 4 is 0 Å². The van der Waals surface area contributed by atoms with Crippen molar-refractivity contribution in [2.75, 3.05) is 0 Å². The molecule has 0 amide bonds. The van der Waals surface area contributed by atoms with Gasteiger partial charge in [-0.25, -0.2) is 19.3 Å². The highest BCUT2D eigenvalue weighted by molar-refractivity contribution is 4.93. The van der Waals surface area contributed by atoms with Crippen LogP contribution >= 0.6 is 0 Å². The molecule has 7 heteroatoms. The van der Waals surface area contributed by atoms with Gasteiger partial charge in [-0.1, -0.05) is 6.92 Å². The van der Waals surface area contributed by atoms with Crippen LogP contribution in [0.3, 0.4) is 0 Å². The van der Waals surface area contributed by atoms with Crippen molar-refractivity contribution in [3.05, 3.63) is 24.3 Å². The molecule has 1 N–H and O–H groups in total. The number of aryl methyl sites for hydroxylation is 1. The molecule has 1 fully saturated rings. The molecular formula is C12H19N7. The maximum atomic E-state index is 4.30. The SMILES string of the molecule is CCCn1ncnc1Cn1ncnc1CNC1CC1. The van der Waals surface area contributed by atoms with E-state index >= 15 is 0 Å². The number of hydrogen-bond acceptors (Lipinski definition) is 5. The number of rotatable bonds is 7. The Morgan fingerprint density at radius 1 is 1.16 bits per heavy atom. The quantitative estimate of drug-likeness (QED) is 0.789. The minimum Gasteiger partial charge on any atom is -0.307 e. The van der Waals surface area contributed by atoms with E-state index < -0.39 is 0 Å². The number of aromatic nitrogens is 6. The number of nitrogens with zero attached hydrogens (tertiary/aromatic N) is 6. The van der Waals surface area contributed by atoms with Crippen LogP contribution in [0.2, 0.25) is 0 Å². The first kappa shape index (κ1) is 12.3. The van der Waals surface area contributed by atoms with E-state index in [2.05, 4.69) is 32.4 Å². The van der Waals surface area contributed by atoms with Gasteiger partial charge >= 0.3 is 0 Å². The van der Waals surface area contributed by atoms with E-state index in [1.807, 2.05) is 9.36 Å². The summed E-state index contributed by atoms with van der Waals surface area (Å²) in [6.07, 6.45) is 6.80. The normalized spacial score (nSPS) is 15.0. The van der Waals surface area contributed by atoms with Gasteiger partial charge in [0.1, 0.15) is 30.8 Å². The maximum absolute atomic E-state index is 4.30. The lowest BCUT2D eigenvalue weighted by molar-refractivity contribution is 0.519. The average Bonchev–Trinajstić information content (AvgIpc) is 2.98. The summed E-state index contributed by atoms with van der Waals surface area (Å²) in [4.78, 5) is 8.61. The highest BCUT2D eigenvalue weighted by Gasteiger charge is 2.21. The first-order valence-electron chi connectivity index (χ1n) is 6.83. The molecule has 0 bridgehead atoms. The Labute approximate surface area is 112 Å². The highest BCUT2D eigenvalue weighted by atomic mass is 15.4. The van der Waals surface area contributed by atoms with Gasteiger partial charge in [0.25, 0.3) is 0 Å². The molecule has 0 unspecified atom stereocenters. The second kappa shape index (κ2) is 5.48. The third kappa shape index (κ3) is 2.98. The Hall–Kier alpha value is -1.76. The van der Waals surface area contributed by atoms with Crippen molar-refractivity contribution in [2.24, 2.45) is 0 Å². The molecule has 7 nitrogen and oxygen atoms in total. The molecule has 0 radical (unpaired) electrons. The van der Waals surface area contributed by atoms with Crippen LogP contribution in [0.1, 0.15) is 37.8 Å². The van der Waals surface area contributed by atoms with Crippen LogP contribution in [0.15, 0.2) is 12.7 Å². The summed E-state index contributed by atoms with van der Waals surface area (Å²) in [7, 11) is 0. The highest BCUT2D eigenvalue weighted by Crippen LogP contribution is 2.18. The van der Waals surface area contributed by atoms with Crippen LogP contribution in [-0.4, -0.2) is 35.6 Å². The fourth-order valence-electron chi connectivity index (χ4n) is 2.02. The minimum atomic E-state index is 0.627. The summed E-state index contributed by atoms with van der Waals surface area (Å²) in [5.41, 5.74) is 0. The first-order chi connectivity index (χ1) is 9.36. The van der Waals surface area contributed by atoms with E-state index in [1.165, 1.54) is 12.8 Å². The van der Waals surface area contributed by atoms with Crippen molar-refractivity contribution in [1.29, 1.82) is 0 Å². The molecule has 19 heavy (non-hydrogen) atoms. The fourth-order valence-corrected chi connectivity index (χ4v) is 2.02. The second-order valence-corrected chi connectivity index (χ2v) is 4.89. The summed E-state index contributed by atoms with van der Waals surface area (Å²) in [6.45, 7) is 4.42. The molecule has 2 aromatic rings. The van der Waals surface area contributed by atoms with Crippen LogP contribution in [0.25, 0.3) is 0 Å². The van der Waals surface area contributed by atoms with Crippen molar-refractivity contribution in [2.45, 2.75) is 51.9 Å². The zero-order valence-corrected chi connectivity index (χ0v) is 11.2.